The van der Waals surface area contributed by atoms with Crippen LogP contribution in [0.4, 0.5) is 0 Å². The third-order valence-corrected chi connectivity index (χ3v) is 4.42. The molecule has 4 aliphatic rings. The van der Waals surface area contributed by atoms with Gasteiger partial charge < -0.3 is 29.2 Å². The van der Waals surface area contributed by atoms with Crippen molar-refractivity contribution in [2.75, 3.05) is 62.4 Å². The minimum absolute atomic E-state index is 0. The van der Waals surface area contributed by atoms with Crippen molar-refractivity contribution >= 4 is 58.0 Å². The third kappa shape index (κ3) is 27.2. The molecule has 11 heteroatoms. The number of rotatable bonds is 6. The third-order valence-electron chi connectivity index (χ3n) is 2.69. The van der Waals surface area contributed by atoms with E-state index in [9.17, 15) is 0 Å². The monoisotopic (exact) mass is 494 g/mol. The molecule has 4 aliphatic heterocycles. The Bertz CT molecular complexity index is 251. The maximum absolute atomic E-state index is 8.28. The summed E-state index contributed by atoms with van der Waals surface area (Å²) in [4.78, 5) is 0. The van der Waals surface area contributed by atoms with Crippen LogP contribution in [0.25, 0.3) is 0 Å². The lowest BCUT2D eigenvalue weighted by atomic mass is 10.5. The van der Waals surface area contributed by atoms with E-state index in [0.717, 1.165) is 26.4 Å². The summed E-state index contributed by atoms with van der Waals surface area (Å²) in [6.45, 7) is 3.27. The van der Waals surface area contributed by atoms with Gasteiger partial charge in [-0.05, 0) is 0 Å². The van der Waals surface area contributed by atoms with E-state index >= 15 is 0 Å². The van der Waals surface area contributed by atoms with E-state index in [2.05, 4.69) is 0 Å². The standard InChI is InChI=1S/C3H7ClO2.4C3H5ClO.CH4/c4-1-3(6)2-5;4*4-1-3-2-5-3;/h3,5-6H,1-2H2;4*3H,1-2H2;1H4/t4*3-;;/m0111../s1. The second-order valence-corrected chi connectivity index (χ2v) is 6.97. The van der Waals surface area contributed by atoms with Gasteiger partial charge in [-0.3, -0.25) is 0 Å². The van der Waals surface area contributed by atoms with Crippen molar-refractivity contribution in [2.24, 2.45) is 0 Å². The fourth-order valence-corrected chi connectivity index (χ4v) is 1.49. The van der Waals surface area contributed by atoms with Gasteiger partial charge in [0.05, 0.1) is 93.0 Å². The first kappa shape index (κ1) is 30.4. The molecule has 5 atom stereocenters. The van der Waals surface area contributed by atoms with Gasteiger partial charge in [0.15, 0.2) is 0 Å². The zero-order valence-electron chi connectivity index (χ0n) is 14.4. The molecule has 1 unspecified atom stereocenters. The Morgan fingerprint density at radius 1 is 0.667 bits per heavy atom. The van der Waals surface area contributed by atoms with Crippen LogP contribution < -0.4 is 0 Å². The van der Waals surface area contributed by atoms with Crippen LogP contribution in [0.1, 0.15) is 7.43 Å². The fourth-order valence-electron chi connectivity index (χ4n) is 0.677. The summed E-state index contributed by atoms with van der Waals surface area (Å²) in [6.07, 6.45) is 0.855. The highest BCUT2D eigenvalue weighted by Gasteiger charge is 2.21. The maximum atomic E-state index is 8.28. The first-order valence-corrected chi connectivity index (χ1v) is 10.8. The van der Waals surface area contributed by atoms with Crippen LogP contribution in [0.15, 0.2) is 0 Å². The quantitative estimate of drug-likeness (QED) is 0.434. The topological polar surface area (TPSA) is 90.6 Å². The van der Waals surface area contributed by atoms with Crippen molar-refractivity contribution in [1.29, 1.82) is 0 Å². The van der Waals surface area contributed by atoms with Crippen molar-refractivity contribution in [1.82, 2.24) is 0 Å². The molecule has 0 spiro atoms. The molecule has 0 amide bonds. The lowest BCUT2D eigenvalue weighted by Crippen LogP contribution is -2.12. The summed E-state index contributed by atoms with van der Waals surface area (Å²) in [5, 5.41) is 16.3. The van der Waals surface area contributed by atoms with Gasteiger partial charge in [-0.25, -0.2) is 0 Å². The Hall–Kier alpha value is 1.21. The van der Waals surface area contributed by atoms with Gasteiger partial charge >= 0.3 is 0 Å². The first-order chi connectivity index (χ1) is 12.5. The van der Waals surface area contributed by atoms with Crippen molar-refractivity contribution in [3.63, 3.8) is 0 Å². The number of aliphatic hydroxyl groups excluding tert-OH is 2. The van der Waals surface area contributed by atoms with Gasteiger partial charge in [0, 0.05) is 0 Å². The molecule has 27 heavy (non-hydrogen) atoms. The molecule has 4 heterocycles. The van der Waals surface area contributed by atoms with Crippen LogP contribution in [0.2, 0.25) is 0 Å². The van der Waals surface area contributed by atoms with Crippen molar-refractivity contribution < 1.29 is 29.2 Å². The molecule has 0 aromatic rings. The van der Waals surface area contributed by atoms with Crippen LogP contribution in [0.3, 0.4) is 0 Å². The molecule has 4 saturated heterocycles. The molecule has 4 fully saturated rings. The number of hydrogen-bond acceptors (Lipinski definition) is 6. The number of halogens is 5. The van der Waals surface area contributed by atoms with E-state index < -0.39 is 6.10 Å². The highest BCUT2D eigenvalue weighted by Crippen LogP contribution is 2.10. The first-order valence-electron chi connectivity index (χ1n) is 8.09. The van der Waals surface area contributed by atoms with Gasteiger partial charge in [0.25, 0.3) is 0 Å². The summed E-state index contributed by atoms with van der Waals surface area (Å²) < 4.78 is 18.9. The van der Waals surface area contributed by atoms with E-state index in [1.54, 1.807) is 0 Å². The molecule has 6 nitrogen and oxygen atoms in total. The molecule has 0 aliphatic carbocycles. The van der Waals surface area contributed by atoms with E-state index in [-0.39, 0.29) is 19.9 Å². The summed E-state index contributed by atoms with van der Waals surface area (Å²) in [7, 11) is 0. The number of hydrogen-bond donors (Lipinski definition) is 2. The smallest absolute Gasteiger partial charge is 0.0944 e. The average Bonchev–Trinajstić information content (AvgIpc) is 3.58. The second-order valence-electron chi connectivity index (χ2n) is 5.43. The largest absolute Gasteiger partial charge is 0.394 e. The number of aliphatic hydroxyl groups is 2. The lowest BCUT2D eigenvalue weighted by molar-refractivity contribution is 0.112. The second kappa shape index (κ2) is 20.5. The average molecular weight is 497 g/mol. The zero-order valence-corrected chi connectivity index (χ0v) is 18.2. The Morgan fingerprint density at radius 3 is 0.889 bits per heavy atom. The van der Waals surface area contributed by atoms with Crippen molar-refractivity contribution in [2.45, 2.75) is 37.9 Å². The summed E-state index contributed by atoms with van der Waals surface area (Å²) in [6, 6.07) is 0. The number of alkyl halides is 5. The van der Waals surface area contributed by atoms with Gasteiger partial charge in [0.1, 0.15) is 0 Å². The van der Waals surface area contributed by atoms with Gasteiger partial charge in [0.2, 0.25) is 0 Å². The van der Waals surface area contributed by atoms with Crippen LogP contribution >= 0.6 is 58.0 Å². The fraction of sp³-hybridized carbons (Fsp3) is 1.00. The Kier molecular flexibility index (Phi) is 23.1. The van der Waals surface area contributed by atoms with E-state index in [4.69, 9.17) is 87.2 Å². The van der Waals surface area contributed by atoms with Crippen LogP contribution in [-0.4, -0.2) is 103 Å². The predicted octanol–water partition coefficient (Wildman–Crippen LogP) is 2.71. The molecule has 0 aromatic carbocycles. The molecule has 4 rings (SSSR count). The molecule has 2 N–H and O–H groups in total. The molecular weight excluding hydrogens is 465 g/mol. The lowest BCUT2D eigenvalue weighted by Gasteiger charge is -1.95. The minimum Gasteiger partial charge on any atom is -0.394 e. The molecular formula is C16H31Cl5O6. The van der Waals surface area contributed by atoms with Crippen LogP contribution in [0.5, 0.6) is 0 Å². The Labute approximate surface area is 187 Å². The Balaban J connectivity index is 0. The number of ether oxygens (including phenoxy) is 4. The maximum Gasteiger partial charge on any atom is 0.0944 e. The summed E-state index contributed by atoms with van der Waals surface area (Å²) in [5.74, 6) is 2.77. The van der Waals surface area contributed by atoms with Crippen molar-refractivity contribution in [3.8, 4) is 0 Å². The van der Waals surface area contributed by atoms with Gasteiger partial charge in [-0.1, -0.05) is 7.43 Å². The molecule has 0 bridgehead atoms. The molecule has 0 radical (unpaired) electrons. The van der Waals surface area contributed by atoms with E-state index in [1.807, 2.05) is 0 Å². The minimum atomic E-state index is -0.744. The highest BCUT2D eigenvalue weighted by atomic mass is 35.5. The SMILES string of the molecule is C.ClCC1CO1.ClC[C@@H]1CO1.ClC[C@@H]1CO1.ClC[C@@H]1CO1.OC[C@@H](O)CCl. The zero-order chi connectivity index (χ0) is 19.8. The molecule has 0 aromatic heterocycles. The normalized spacial score (nSPS) is 28.6. The van der Waals surface area contributed by atoms with Crippen LogP contribution in [-0.2, 0) is 18.9 Å². The van der Waals surface area contributed by atoms with Crippen LogP contribution in [0, 0.1) is 0 Å². The molecule has 166 valence electrons. The van der Waals surface area contributed by atoms with Crippen molar-refractivity contribution in [3.05, 3.63) is 0 Å². The van der Waals surface area contributed by atoms with Gasteiger partial charge in [-0.15, -0.1) is 58.0 Å². The Morgan fingerprint density at radius 2 is 0.889 bits per heavy atom. The van der Waals surface area contributed by atoms with Gasteiger partial charge in [-0.2, -0.15) is 0 Å². The van der Waals surface area contributed by atoms with E-state index in [0.29, 0.717) is 47.9 Å². The van der Waals surface area contributed by atoms with E-state index in [1.165, 1.54) is 0 Å². The predicted molar refractivity (Wildman–Crippen MR) is 112 cm³/mol. The number of epoxide rings is 4. The summed E-state index contributed by atoms with van der Waals surface area (Å²) >= 11 is 26.1. The molecule has 0 saturated carbocycles. The summed E-state index contributed by atoms with van der Waals surface area (Å²) in [5.41, 5.74) is 0. The highest BCUT2D eigenvalue weighted by molar-refractivity contribution is 6.19.